The van der Waals surface area contributed by atoms with Crippen LogP contribution in [0, 0.1) is 0 Å². The molecular formula is C17H14ClN7O. The Bertz CT molecular complexity index is 1020. The zero-order valence-electron chi connectivity index (χ0n) is 13.6. The summed E-state index contributed by atoms with van der Waals surface area (Å²) < 4.78 is 7.28. The molecule has 1 N–H and O–H groups in total. The molecule has 8 nitrogen and oxygen atoms in total. The lowest BCUT2D eigenvalue weighted by molar-refractivity contribution is 0.0977. The molecule has 4 aromatic rings. The van der Waals surface area contributed by atoms with E-state index in [-0.39, 0.29) is 6.61 Å². The SMILES string of the molecule is Clc1cccc(Nc2ccc3nnc(COCc4cnccn4)n3n2)c1. The van der Waals surface area contributed by atoms with Gasteiger partial charge < -0.3 is 10.1 Å². The predicted octanol–water partition coefficient (Wildman–Crippen LogP) is 3.03. The van der Waals surface area contributed by atoms with E-state index in [0.29, 0.717) is 28.9 Å². The molecule has 9 heteroatoms. The molecule has 0 saturated carbocycles. The maximum absolute atomic E-state index is 6.01. The molecule has 3 aromatic heterocycles. The number of halogens is 1. The number of hydrogen-bond donors (Lipinski definition) is 1. The lowest BCUT2D eigenvalue weighted by atomic mass is 10.3. The molecule has 0 saturated heterocycles. The van der Waals surface area contributed by atoms with Crippen LogP contribution in [0.15, 0.2) is 55.0 Å². The summed E-state index contributed by atoms with van der Waals surface area (Å²) in [5.74, 6) is 1.24. The van der Waals surface area contributed by atoms with Gasteiger partial charge in [0.1, 0.15) is 6.61 Å². The Morgan fingerprint density at radius 3 is 2.88 bits per heavy atom. The summed E-state index contributed by atoms with van der Waals surface area (Å²) in [5, 5.41) is 16.6. The van der Waals surface area contributed by atoms with Gasteiger partial charge in [-0.2, -0.15) is 4.52 Å². The minimum absolute atomic E-state index is 0.255. The minimum Gasteiger partial charge on any atom is -0.367 e. The van der Waals surface area contributed by atoms with Crippen LogP contribution in [0.2, 0.25) is 5.02 Å². The van der Waals surface area contributed by atoms with Crippen LogP contribution in [0.4, 0.5) is 11.5 Å². The van der Waals surface area contributed by atoms with Crippen molar-refractivity contribution in [2.45, 2.75) is 13.2 Å². The second kappa shape index (κ2) is 7.42. The maximum atomic E-state index is 6.01. The molecule has 0 aliphatic rings. The molecule has 0 aliphatic heterocycles. The van der Waals surface area contributed by atoms with Gasteiger partial charge >= 0.3 is 0 Å². The van der Waals surface area contributed by atoms with Gasteiger partial charge in [0.15, 0.2) is 17.3 Å². The number of hydrogen-bond acceptors (Lipinski definition) is 7. The molecule has 0 aliphatic carbocycles. The number of fused-ring (bicyclic) bond motifs is 1. The van der Waals surface area contributed by atoms with Crippen molar-refractivity contribution in [2.24, 2.45) is 0 Å². The molecular weight excluding hydrogens is 354 g/mol. The minimum atomic E-state index is 0.255. The summed E-state index contributed by atoms with van der Waals surface area (Å²) >= 11 is 6.01. The summed E-state index contributed by atoms with van der Waals surface area (Å²) in [7, 11) is 0. The summed E-state index contributed by atoms with van der Waals surface area (Å²) in [6.07, 6.45) is 4.90. The van der Waals surface area contributed by atoms with Gasteiger partial charge in [-0.05, 0) is 30.3 Å². The van der Waals surface area contributed by atoms with Crippen LogP contribution >= 0.6 is 11.6 Å². The van der Waals surface area contributed by atoms with Gasteiger partial charge in [-0.3, -0.25) is 9.97 Å². The largest absolute Gasteiger partial charge is 0.367 e. The third-order valence-electron chi connectivity index (χ3n) is 3.52. The highest BCUT2D eigenvalue weighted by Crippen LogP contribution is 2.19. The van der Waals surface area contributed by atoms with Crippen molar-refractivity contribution < 1.29 is 4.74 Å². The first kappa shape index (κ1) is 16.4. The number of ether oxygens (including phenoxy) is 1. The van der Waals surface area contributed by atoms with E-state index in [2.05, 4.69) is 30.6 Å². The zero-order valence-corrected chi connectivity index (χ0v) is 14.3. The standard InChI is InChI=1S/C17H14ClN7O/c18-12-2-1-3-13(8-12)21-15-4-5-16-22-23-17(25(16)24-15)11-26-10-14-9-19-6-7-20-14/h1-9H,10-11H2,(H,21,24). The van der Waals surface area contributed by atoms with E-state index in [0.717, 1.165) is 11.4 Å². The number of nitrogens with one attached hydrogen (secondary N) is 1. The highest BCUT2D eigenvalue weighted by Gasteiger charge is 2.08. The first-order valence-electron chi connectivity index (χ1n) is 7.84. The van der Waals surface area contributed by atoms with Crippen molar-refractivity contribution in [1.82, 2.24) is 29.8 Å². The van der Waals surface area contributed by atoms with Gasteiger partial charge in [0.2, 0.25) is 0 Å². The van der Waals surface area contributed by atoms with E-state index in [1.807, 2.05) is 36.4 Å². The quantitative estimate of drug-likeness (QED) is 0.560. The average Bonchev–Trinajstić information content (AvgIpc) is 3.05. The zero-order chi connectivity index (χ0) is 17.8. The highest BCUT2D eigenvalue weighted by atomic mass is 35.5. The number of anilines is 2. The Morgan fingerprint density at radius 1 is 1.08 bits per heavy atom. The molecule has 0 atom stereocenters. The second-order valence-corrected chi connectivity index (χ2v) is 5.87. The maximum Gasteiger partial charge on any atom is 0.180 e. The summed E-state index contributed by atoms with van der Waals surface area (Å²) in [6, 6.07) is 11.1. The van der Waals surface area contributed by atoms with Gasteiger partial charge in [0, 0.05) is 23.1 Å². The molecule has 1 aromatic carbocycles. The van der Waals surface area contributed by atoms with E-state index < -0.39 is 0 Å². The second-order valence-electron chi connectivity index (χ2n) is 5.43. The molecule has 3 heterocycles. The van der Waals surface area contributed by atoms with Gasteiger partial charge in [0.25, 0.3) is 0 Å². The number of benzene rings is 1. The van der Waals surface area contributed by atoms with E-state index in [9.17, 15) is 0 Å². The first-order chi connectivity index (χ1) is 12.8. The van der Waals surface area contributed by atoms with Gasteiger partial charge in [-0.25, -0.2) is 0 Å². The fourth-order valence-electron chi connectivity index (χ4n) is 2.36. The molecule has 0 radical (unpaired) electrons. The molecule has 0 bridgehead atoms. The molecule has 26 heavy (non-hydrogen) atoms. The first-order valence-corrected chi connectivity index (χ1v) is 8.22. The van der Waals surface area contributed by atoms with Crippen LogP contribution in [0.25, 0.3) is 5.65 Å². The van der Waals surface area contributed by atoms with Crippen molar-refractivity contribution in [1.29, 1.82) is 0 Å². The van der Waals surface area contributed by atoms with Crippen molar-refractivity contribution in [3.63, 3.8) is 0 Å². The smallest absolute Gasteiger partial charge is 0.180 e. The van der Waals surface area contributed by atoms with Gasteiger partial charge in [-0.15, -0.1) is 15.3 Å². The fraction of sp³-hybridized carbons (Fsp3) is 0.118. The van der Waals surface area contributed by atoms with E-state index in [1.54, 1.807) is 23.1 Å². The number of nitrogens with zero attached hydrogens (tertiary/aromatic N) is 6. The Hall–Kier alpha value is -3.10. The van der Waals surface area contributed by atoms with Crippen molar-refractivity contribution in [3.05, 3.63) is 71.5 Å². The lowest BCUT2D eigenvalue weighted by Crippen LogP contribution is -2.05. The average molecular weight is 368 g/mol. The molecule has 0 unspecified atom stereocenters. The number of aromatic nitrogens is 6. The van der Waals surface area contributed by atoms with Crippen LogP contribution in [0.3, 0.4) is 0 Å². The van der Waals surface area contributed by atoms with Crippen LogP contribution in [0.5, 0.6) is 0 Å². The monoisotopic (exact) mass is 367 g/mol. The molecule has 0 amide bonds. The molecule has 0 spiro atoms. The third kappa shape index (κ3) is 3.76. The van der Waals surface area contributed by atoms with Crippen molar-refractivity contribution >= 4 is 28.8 Å². The Kier molecular flexibility index (Phi) is 4.67. The summed E-state index contributed by atoms with van der Waals surface area (Å²) in [4.78, 5) is 8.16. The van der Waals surface area contributed by atoms with Gasteiger partial charge in [0.05, 0.1) is 18.5 Å². The Balaban J connectivity index is 1.49. The summed E-state index contributed by atoms with van der Waals surface area (Å²) in [6.45, 7) is 0.592. The van der Waals surface area contributed by atoms with Crippen LogP contribution in [-0.4, -0.2) is 29.8 Å². The predicted molar refractivity (Wildman–Crippen MR) is 96.0 cm³/mol. The van der Waals surface area contributed by atoms with Crippen molar-refractivity contribution in [2.75, 3.05) is 5.32 Å². The van der Waals surface area contributed by atoms with Crippen LogP contribution in [-0.2, 0) is 18.0 Å². The molecule has 0 fully saturated rings. The third-order valence-corrected chi connectivity index (χ3v) is 3.76. The van der Waals surface area contributed by atoms with Gasteiger partial charge in [-0.1, -0.05) is 17.7 Å². The summed E-state index contributed by atoms with van der Waals surface area (Å²) in [5.41, 5.74) is 2.23. The lowest BCUT2D eigenvalue weighted by Gasteiger charge is -2.07. The molecule has 130 valence electrons. The van der Waals surface area contributed by atoms with Crippen LogP contribution < -0.4 is 5.32 Å². The van der Waals surface area contributed by atoms with E-state index in [4.69, 9.17) is 16.3 Å². The molecule has 4 rings (SSSR count). The number of rotatable bonds is 6. The van der Waals surface area contributed by atoms with Crippen LogP contribution in [0.1, 0.15) is 11.5 Å². The van der Waals surface area contributed by atoms with E-state index >= 15 is 0 Å². The normalized spacial score (nSPS) is 11.0. The van der Waals surface area contributed by atoms with Crippen molar-refractivity contribution in [3.8, 4) is 0 Å². The Labute approximate surface area is 153 Å². The Morgan fingerprint density at radius 2 is 2.04 bits per heavy atom. The fourth-order valence-corrected chi connectivity index (χ4v) is 2.55. The topological polar surface area (TPSA) is 90.1 Å². The highest BCUT2D eigenvalue weighted by molar-refractivity contribution is 6.30. The van der Waals surface area contributed by atoms with E-state index in [1.165, 1.54) is 0 Å².